The van der Waals surface area contributed by atoms with E-state index in [1.165, 1.54) is 0 Å². The number of amides is 4. The van der Waals surface area contributed by atoms with Crippen LogP contribution in [0.3, 0.4) is 0 Å². The minimum absolute atomic E-state index is 0.0487. The summed E-state index contributed by atoms with van der Waals surface area (Å²) in [6.45, 7) is 7.89. The van der Waals surface area contributed by atoms with Crippen molar-refractivity contribution in [2.45, 2.75) is 52.1 Å². The zero-order chi connectivity index (χ0) is 18.6. The van der Waals surface area contributed by atoms with Gasteiger partial charge in [-0.15, -0.1) is 0 Å². The molecule has 0 bridgehead atoms. The van der Waals surface area contributed by atoms with Gasteiger partial charge in [-0.2, -0.15) is 0 Å². The maximum Gasteiger partial charge on any atom is 0.319 e. The summed E-state index contributed by atoms with van der Waals surface area (Å²) in [7, 11) is 0. The van der Waals surface area contributed by atoms with E-state index in [-0.39, 0.29) is 17.4 Å². The van der Waals surface area contributed by atoms with Crippen molar-refractivity contribution < 1.29 is 14.4 Å². The first-order valence-corrected chi connectivity index (χ1v) is 8.46. The van der Waals surface area contributed by atoms with Crippen LogP contribution >= 0.6 is 0 Å². The molecule has 1 heterocycles. The number of carbonyl (C=O) groups excluding carboxylic acids is 3. The van der Waals surface area contributed by atoms with Crippen LogP contribution in [-0.4, -0.2) is 36.0 Å². The van der Waals surface area contributed by atoms with Crippen LogP contribution in [0.4, 0.5) is 16.2 Å². The third-order valence-electron chi connectivity index (χ3n) is 3.76. The highest BCUT2D eigenvalue weighted by Crippen LogP contribution is 2.29. The molecule has 1 fully saturated rings. The molecule has 4 amide bonds. The molecule has 1 atom stereocenters. The van der Waals surface area contributed by atoms with E-state index in [9.17, 15) is 14.4 Å². The number of hydrogen-bond donors (Lipinski definition) is 3. The first-order chi connectivity index (χ1) is 11.7. The van der Waals surface area contributed by atoms with E-state index in [0.717, 1.165) is 6.42 Å². The van der Waals surface area contributed by atoms with E-state index in [1.54, 1.807) is 30.0 Å². The van der Waals surface area contributed by atoms with Gasteiger partial charge in [0.25, 0.3) is 0 Å². The first kappa shape index (κ1) is 18.8. The molecule has 0 saturated carbocycles. The number of hydrogen-bond acceptors (Lipinski definition) is 3. The lowest BCUT2D eigenvalue weighted by Crippen LogP contribution is -2.51. The molecule has 1 aliphatic rings. The topological polar surface area (TPSA) is 90.5 Å². The number of rotatable bonds is 4. The molecule has 2 rings (SSSR count). The molecule has 1 aromatic carbocycles. The number of nitrogens with one attached hydrogen (secondary N) is 3. The quantitative estimate of drug-likeness (QED) is 0.781. The molecule has 1 unspecified atom stereocenters. The smallest absolute Gasteiger partial charge is 0.319 e. The Kier molecular flexibility index (Phi) is 5.66. The van der Waals surface area contributed by atoms with Gasteiger partial charge in [-0.05, 0) is 46.2 Å². The summed E-state index contributed by atoms with van der Waals surface area (Å²) in [5.74, 6) is -0.210. The van der Waals surface area contributed by atoms with Gasteiger partial charge in [-0.3, -0.25) is 9.59 Å². The van der Waals surface area contributed by atoms with E-state index in [0.29, 0.717) is 24.3 Å². The second-order valence-corrected chi connectivity index (χ2v) is 7.23. The number of carbonyl (C=O) groups is 3. The molecular formula is C18H26N4O3. The van der Waals surface area contributed by atoms with Gasteiger partial charge in [-0.25, -0.2) is 4.79 Å². The van der Waals surface area contributed by atoms with Crippen LogP contribution in [0.15, 0.2) is 24.3 Å². The minimum atomic E-state index is -0.681. The van der Waals surface area contributed by atoms with Crippen LogP contribution < -0.4 is 20.9 Å². The molecule has 0 radical (unpaired) electrons. The standard InChI is InChI=1S/C18H26N4O3/c1-12(16(24)21-18(2,3)4)19-17(25)20-13-8-5-6-9-14(13)22-11-7-10-15(22)23/h5-6,8-9,12H,7,10-11H2,1-4H3,(H,21,24)(H2,19,20,25). The first-order valence-electron chi connectivity index (χ1n) is 8.46. The molecule has 7 heteroatoms. The van der Waals surface area contributed by atoms with Crippen molar-refractivity contribution in [2.24, 2.45) is 0 Å². The Morgan fingerprint density at radius 3 is 2.48 bits per heavy atom. The van der Waals surface area contributed by atoms with Crippen molar-refractivity contribution in [3.63, 3.8) is 0 Å². The van der Waals surface area contributed by atoms with E-state index in [2.05, 4.69) is 16.0 Å². The molecule has 25 heavy (non-hydrogen) atoms. The number of para-hydroxylation sites is 2. The van der Waals surface area contributed by atoms with Gasteiger partial charge in [0.2, 0.25) is 11.8 Å². The van der Waals surface area contributed by atoms with Crippen LogP contribution in [0.25, 0.3) is 0 Å². The van der Waals surface area contributed by atoms with E-state index >= 15 is 0 Å². The normalized spacial score (nSPS) is 15.7. The van der Waals surface area contributed by atoms with Gasteiger partial charge < -0.3 is 20.9 Å². The summed E-state index contributed by atoms with van der Waals surface area (Å²) in [6.07, 6.45) is 1.33. The molecule has 1 aliphatic heterocycles. The number of benzene rings is 1. The lowest BCUT2D eigenvalue weighted by atomic mass is 10.1. The molecule has 0 aliphatic carbocycles. The van der Waals surface area contributed by atoms with E-state index in [1.807, 2.05) is 26.8 Å². The van der Waals surface area contributed by atoms with Gasteiger partial charge in [0.1, 0.15) is 6.04 Å². The van der Waals surface area contributed by atoms with Crippen LogP contribution in [0.5, 0.6) is 0 Å². The van der Waals surface area contributed by atoms with Crippen molar-refractivity contribution in [2.75, 3.05) is 16.8 Å². The fraction of sp³-hybridized carbons (Fsp3) is 0.500. The molecular weight excluding hydrogens is 320 g/mol. The summed E-state index contributed by atoms with van der Waals surface area (Å²) < 4.78 is 0. The van der Waals surface area contributed by atoms with Crippen LogP contribution in [-0.2, 0) is 9.59 Å². The molecule has 7 nitrogen and oxygen atoms in total. The maximum absolute atomic E-state index is 12.2. The average Bonchev–Trinajstić information content (AvgIpc) is 2.92. The van der Waals surface area contributed by atoms with Crippen molar-refractivity contribution in [1.82, 2.24) is 10.6 Å². The van der Waals surface area contributed by atoms with Crippen molar-refractivity contribution >= 4 is 29.2 Å². The Bertz CT molecular complexity index is 667. The highest BCUT2D eigenvalue weighted by atomic mass is 16.2. The van der Waals surface area contributed by atoms with Crippen molar-refractivity contribution in [3.05, 3.63) is 24.3 Å². The fourth-order valence-corrected chi connectivity index (χ4v) is 2.62. The molecule has 136 valence electrons. The average molecular weight is 346 g/mol. The minimum Gasteiger partial charge on any atom is -0.350 e. The van der Waals surface area contributed by atoms with Gasteiger partial charge in [0.05, 0.1) is 11.4 Å². The van der Waals surface area contributed by atoms with Gasteiger partial charge >= 0.3 is 6.03 Å². The molecule has 0 spiro atoms. The predicted molar refractivity (Wildman–Crippen MR) is 97.5 cm³/mol. The Balaban J connectivity index is 2.01. The third kappa shape index (κ3) is 5.20. The van der Waals surface area contributed by atoms with Gasteiger partial charge in [-0.1, -0.05) is 12.1 Å². The Hall–Kier alpha value is -2.57. The van der Waals surface area contributed by atoms with Gasteiger partial charge in [0, 0.05) is 18.5 Å². The second kappa shape index (κ2) is 7.55. The Morgan fingerprint density at radius 1 is 1.20 bits per heavy atom. The number of anilines is 2. The number of urea groups is 1. The molecule has 3 N–H and O–H groups in total. The SMILES string of the molecule is CC(NC(=O)Nc1ccccc1N1CCCC1=O)C(=O)NC(C)(C)C. The highest BCUT2D eigenvalue weighted by Gasteiger charge is 2.25. The van der Waals surface area contributed by atoms with Crippen LogP contribution in [0.1, 0.15) is 40.5 Å². The molecule has 0 aromatic heterocycles. The zero-order valence-corrected chi connectivity index (χ0v) is 15.2. The summed E-state index contributed by atoms with van der Waals surface area (Å²) in [5.41, 5.74) is 0.845. The molecule has 1 saturated heterocycles. The lowest BCUT2D eigenvalue weighted by Gasteiger charge is -2.24. The largest absolute Gasteiger partial charge is 0.350 e. The summed E-state index contributed by atoms with van der Waals surface area (Å²) in [5, 5.41) is 8.16. The van der Waals surface area contributed by atoms with E-state index < -0.39 is 12.1 Å². The zero-order valence-electron chi connectivity index (χ0n) is 15.2. The summed E-state index contributed by atoms with van der Waals surface area (Å²) in [4.78, 5) is 37.9. The highest BCUT2D eigenvalue weighted by molar-refractivity contribution is 6.02. The van der Waals surface area contributed by atoms with Crippen molar-refractivity contribution in [1.29, 1.82) is 0 Å². The summed E-state index contributed by atoms with van der Waals surface area (Å²) in [6, 6.07) is 5.98. The maximum atomic E-state index is 12.2. The predicted octanol–water partition coefficient (Wildman–Crippen LogP) is 2.24. The second-order valence-electron chi connectivity index (χ2n) is 7.23. The molecule has 1 aromatic rings. The van der Waals surface area contributed by atoms with Crippen LogP contribution in [0.2, 0.25) is 0 Å². The lowest BCUT2D eigenvalue weighted by molar-refractivity contribution is -0.124. The van der Waals surface area contributed by atoms with Crippen molar-refractivity contribution in [3.8, 4) is 0 Å². The van der Waals surface area contributed by atoms with E-state index in [4.69, 9.17) is 0 Å². The fourth-order valence-electron chi connectivity index (χ4n) is 2.62. The monoisotopic (exact) mass is 346 g/mol. The van der Waals surface area contributed by atoms with Crippen LogP contribution in [0, 0.1) is 0 Å². The van der Waals surface area contributed by atoms with Gasteiger partial charge in [0.15, 0.2) is 0 Å². The third-order valence-corrected chi connectivity index (χ3v) is 3.76. The Morgan fingerprint density at radius 2 is 1.88 bits per heavy atom. The Labute approximate surface area is 148 Å². The summed E-state index contributed by atoms with van der Waals surface area (Å²) >= 11 is 0. The number of nitrogens with zero attached hydrogens (tertiary/aromatic N) is 1.